The van der Waals surface area contributed by atoms with Crippen molar-refractivity contribution in [3.8, 4) is 0 Å². The molecule has 3 heterocycles. The number of aryl methyl sites for hydroxylation is 2. The average molecular weight is 392 g/mol. The highest BCUT2D eigenvalue weighted by molar-refractivity contribution is 5.94. The van der Waals surface area contributed by atoms with Crippen molar-refractivity contribution in [2.24, 2.45) is 7.05 Å². The third-order valence-electron chi connectivity index (χ3n) is 5.10. The number of pyridine rings is 1. The quantitative estimate of drug-likeness (QED) is 0.693. The number of carbonyl (C=O) groups is 2. The topological polar surface area (TPSA) is 67.2 Å². The van der Waals surface area contributed by atoms with Crippen molar-refractivity contribution >= 4 is 34.6 Å². The Morgan fingerprint density at radius 2 is 2.21 bits per heavy atom. The van der Waals surface area contributed by atoms with Crippen LogP contribution in [-0.2, 0) is 29.6 Å². The summed E-state index contributed by atoms with van der Waals surface area (Å²) in [6, 6.07) is 6.90. The highest BCUT2D eigenvalue weighted by Crippen LogP contribution is 2.24. The summed E-state index contributed by atoms with van der Waals surface area (Å²) in [5.74, 6) is 0.120. The van der Waals surface area contributed by atoms with Crippen molar-refractivity contribution in [1.29, 1.82) is 0 Å². The number of aromatic nitrogens is 2. The van der Waals surface area contributed by atoms with E-state index in [4.69, 9.17) is 0 Å². The molecule has 1 aromatic carbocycles. The van der Waals surface area contributed by atoms with Crippen LogP contribution in [0.4, 0.5) is 10.2 Å². The van der Waals surface area contributed by atoms with E-state index in [-0.39, 0.29) is 17.6 Å². The summed E-state index contributed by atoms with van der Waals surface area (Å²) in [4.78, 5) is 29.8. The highest BCUT2D eigenvalue weighted by atomic mass is 19.1. The Morgan fingerprint density at radius 1 is 1.38 bits per heavy atom. The van der Waals surface area contributed by atoms with Gasteiger partial charge < -0.3 is 14.8 Å². The van der Waals surface area contributed by atoms with Crippen LogP contribution in [-0.4, -0.2) is 33.3 Å². The van der Waals surface area contributed by atoms with E-state index in [2.05, 4.69) is 10.3 Å². The molecule has 1 N–H and O–H groups in total. The minimum atomic E-state index is -0.277. The first kappa shape index (κ1) is 18.9. The van der Waals surface area contributed by atoms with Crippen molar-refractivity contribution < 1.29 is 14.0 Å². The maximum atomic E-state index is 14.1. The van der Waals surface area contributed by atoms with Gasteiger partial charge in [-0.15, -0.1) is 0 Å². The van der Waals surface area contributed by atoms with Crippen molar-refractivity contribution in [2.45, 2.75) is 19.4 Å². The Kier molecular flexibility index (Phi) is 4.88. The van der Waals surface area contributed by atoms with Crippen molar-refractivity contribution in [1.82, 2.24) is 14.5 Å². The van der Waals surface area contributed by atoms with E-state index in [0.29, 0.717) is 30.7 Å². The second-order valence-corrected chi connectivity index (χ2v) is 7.25. The van der Waals surface area contributed by atoms with Crippen molar-refractivity contribution in [3.05, 3.63) is 65.2 Å². The van der Waals surface area contributed by atoms with Crippen LogP contribution in [0.3, 0.4) is 0 Å². The molecule has 0 aliphatic carbocycles. The van der Waals surface area contributed by atoms with Crippen molar-refractivity contribution in [3.63, 3.8) is 0 Å². The lowest BCUT2D eigenvalue weighted by Gasteiger charge is -2.16. The lowest BCUT2D eigenvalue weighted by molar-refractivity contribution is -0.125. The van der Waals surface area contributed by atoms with E-state index in [1.165, 1.54) is 12.1 Å². The molecule has 0 radical (unpaired) electrons. The number of hydrogen-bond acceptors (Lipinski definition) is 3. The third kappa shape index (κ3) is 3.76. The molecule has 3 aromatic rings. The molecule has 1 aliphatic heterocycles. The molecule has 29 heavy (non-hydrogen) atoms. The zero-order chi connectivity index (χ0) is 20.5. The van der Waals surface area contributed by atoms with Gasteiger partial charge in [0, 0.05) is 50.9 Å². The molecule has 7 heteroatoms. The zero-order valence-corrected chi connectivity index (χ0v) is 16.3. The summed E-state index contributed by atoms with van der Waals surface area (Å²) in [7, 11) is 3.51. The van der Waals surface area contributed by atoms with Crippen LogP contribution in [0.1, 0.15) is 23.1 Å². The summed E-state index contributed by atoms with van der Waals surface area (Å²) in [5.41, 5.74) is 3.18. The van der Waals surface area contributed by atoms with Gasteiger partial charge in [0.2, 0.25) is 11.8 Å². The summed E-state index contributed by atoms with van der Waals surface area (Å²) < 4.78 is 15.8. The fourth-order valence-corrected chi connectivity index (χ4v) is 3.62. The van der Waals surface area contributed by atoms with E-state index in [0.717, 1.165) is 22.1 Å². The summed E-state index contributed by atoms with van der Waals surface area (Å²) >= 11 is 0. The summed E-state index contributed by atoms with van der Waals surface area (Å²) in [6.07, 6.45) is 7.77. The molecule has 2 amide bonds. The minimum Gasteiger partial charge on any atom is -0.348 e. The van der Waals surface area contributed by atoms with E-state index < -0.39 is 0 Å². The predicted molar refractivity (Wildman–Crippen MR) is 110 cm³/mol. The fraction of sp³-hybridized carbons (Fsp3) is 0.227. The molecule has 1 aliphatic rings. The number of nitrogens with one attached hydrogen (secondary N) is 1. The largest absolute Gasteiger partial charge is 0.348 e. The van der Waals surface area contributed by atoms with Gasteiger partial charge in [0.15, 0.2) is 0 Å². The number of fused-ring (bicyclic) bond motifs is 2. The Hall–Kier alpha value is -3.48. The van der Waals surface area contributed by atoms with Gasteiger partial charge in [-0.1, -0.05) is 12.1 Å². The molecule has 2 aromatic heterocycles. The number of benzene rings is 1. The highest BCUT2D eigenvalue weighted by Gasteiger charge is 2.16. The van der Waals surface area contributed by atoms with Crippen LogP contribution < -0.4 is 5.32 Å². The standard InChI is InChI=1S/C22H21FN4O2/c1-26(12-16-13-27(2)21-17(16)4-3-5-18(21)23)20(29)9-6-14-10-15-7-8-19(28)25-22(15)24-11-14/h3-6,9-11,13H,7-8,12H2,1-2H3,(H,24,25,28)/b9-6+. The summed E-state index contributed by atoms with van der Waals surface area (Å²) in [5, 5.41) is 3.54. The lowest BCUT2D eigenvalue weighted by Crippen LogP contribution is -2.24. The number of likely N-dealkylation sites (N-methyl/N-ethyl adjacent to an activating group) is 1. The Balaban J connectivity index is 1.48. The SMILES string of the molecule is CN(Cc1cn(C)c2c(F)cccc12)C(=O)/C=C/c1cnc2c(c1)CCC(=O)N2. The molecule has 0 unspecified atom stereocenters. The van der Waals surface area contributed by atoms with Gasteiger partial charge in [-0.25, -0.2) is 9.37 Å². The zero-order valence-electron chi connectivity index (χ0n) is 16.3. The van der Waals surface area contributed by atoms with Gasteiger partial charge in [-0.3, -0.25) is 9.59 Å². The molecular formula is C22H21FN4O2. The maximum absolute atomic E-state index is 14.1. The fourth-order valence-electron chi connectivity index (χ4n) is 3.62. The molecule has 0 fully saturated rings. The number of carbonyl (C=O) groups excluding carboxylic acids is 2. The molecule has 0 saturated heterocycles. The Morgan fingerprint density at radius 3 is 3.03 bits per heavy atom. The predicted octanol–water partition coefficient (Wildman–Crippen LogP) is 3.27. The van der Waals surface area contributed by atoms with Crippen LogP contribution in [0.5, 0.6) is 0 Å². The van der Waals surface area contributed by atoms with E-state index in [1.807, 2.05) is 18.3 Å². The number of amides is 2. The minimum absolute atomic E-state index is 0.0292. The second-order valence-electron chi connectivity index (χ2n) is 7.25. The number of halogens is 1. The smallest absolute Gasteiger partial charge is 0.246 e. The Labute approximate surface area is 167 Å². The van der Waals surface area contributed by atoms with Crippen LogP contribution in [0, 0.1) is 5.82 Å². The van der Waals surface area contributed by atoms with Gasteiger partial charge in [-0.2, -0.15) is 0 Å². The molecule has 148 valence electrons. The molecule has 0 spiro atoms. The van der Waals surface area contributed by atoms with Crippen LogP contribution in [0.15, 0.2) is 42.7 Å². The second kappa shape index (κ2) is 7.50. The third-order valence-corrected chi connectivity index (χ3v) is 5.10. The molecule has 6 nitrogen and oxygen atoms in total. The molecule has 4 rings (SSSR count). The van der Waals surface area contributed by atoms with Gasteiger partial charge in [0.05, 0.1) is 5.52 Å². The average Bonchev–Trinajstić information content (AvgIpc) is 3.02. The van der Waals surface area contributed by atoms with Gasteiger partial charge in [-0.05, 0) is 41.3 Å². The monoisotopic (exact) mass is 392 g/mol. The van der Waals surface area contributed by atoms with Crippen LogP contribution in [0.2, 0.25) is 0 Å². The number of hydrogen-bond donors (Lipinski definition) is 1. The van der Waals surface area contributed by atoms with Crippen LogP contribution >= 0.6 is 0 Å². The molecule has 0 atom stereocenters. The van der Waals surface area contributed by atoms with Gasteiger partial charge in [0.1, 0.15) is 11.6 Å². The number of anilines is 1. The molecule has 0 bridgehead atoms. The first-order valence-electron chi connectivity index (χ1n) is 9.37. The lowest BCUT2D eigenvalue weighted by atomic mass is 10.0. The van der Waals surface area contributed by atoms with Crippen molar-refractivity contribution in [2.75, 3.05) is 12.4 Å². The number of rotatable bonds is 4. The van der Waals surface area contributed by atoms with E-state index >= 15 is 0 Å². The first-order valence-corrected chi connectivity index (χ1v) is 9.37. The van der Waals surface area contributed by atoms with Gasteiger partial charge in [0.25, 0.3) is 0 Å². The normalized spacial score (nSPS) is 13.6. The molecular weight excluding hydrogens is 371 g/mol. The van der Waals surface area contributed by atoms with E-state index in [1.54, 1.807) is 41.9 Å². The van der Waals surface area contributed by atoms with E-state index in [9.17, 15) is 14.0 Å². The van der Waals surface area contributed by atoms with Gasteiger partial charge >= 0.3 is 0 Å². The Bertz CT molecular complexity index is 1150. The molecule has 0 saturated carbocycles. The number of para-hydroxylation sites is 1. The van der Waals surface area contributed by atoms with Crippen LogP contribution in [0.25, 0.3) is 17.0 Å². The number of nitrogens with zero attached hydrogens (tertiary/aromatic N) is 3. The summed E-state index contributed by atoms with van der Waals surface area (Å²) in [6.45, 7) is 0.373. The first-order chi connectivity index (χ1) is 13.9. The maximum Gasteiger partial charge on any atom is 0.246 e.